The molecular weight excluding hydrogens is 192 g/mol. The van der Waals surface area contributed by atoms with Gasteiger partial charge in [-0.1, -0.05) is 0 Å². The summed E-state index contributed by atoms with van der Waals surface area (Å²) in [5.41, 5.74) is 0.417. The van der Waals surface area contributed by atoms with Gasteiger partial charge in [0.25, 0.3) is 0 Å². The largest absolute Gasteiger partial charge is 0.478 e. The van der Waals surface area contributed by atoms with Crippen LogP contribution in [0.25, 0.3) is 6.08 Å². The fourth-order valence-electron chi connectivity index (χ4n) is 0.785. The van der Waals surface area contributed by atoms with Crippen molar-refractivity contribution in [2.45, 2.75) is 0 Å². The van der Waals surface area contributed by atoms with Gasteiger partial charge in [-0.25, -0.2) is 9.59 Å². The van der Waals surface area contributed by atoms with Crippen LogP contribution in [-0.2, 0) is 4.79 Å². The number of carboxylic acid groups (broad SMARTS) is 2. The summed E-state index contributed by atoms with van der Waals surface area (Å²) in [4.78, 5) is 20.9. The number of thiophene rings is 1. The van der Waals surface area contributed by atoms with Gasteiger partial charge in [-0.05, 0) is 17.5 Å². The first-order chi connectivity index (χ1) is 6.11. The third-order valence-corrected chi connectivity index (χ3v) is 2.21. The van der Waals surface area contributed by atoms with Gasteiger partial charge in [0.1, 0.15) is 4.88 Å². The van der Waals surface area contributed by atoms with E-state index < -0.39 is 11.9 Å². The Balaban J connectivity index is 2.95. The van der Waals surface area contributed by atoms with Gasteiger partial charge >= 0.3 is 11.9 Å². The third kappa shape index (κ3) is 2.41. The van der Waals surface area contributed by atoms with Crippen molar-refractivity contribution in [3.8, 4) is 0 Å². The number of hydrogen-bond acceptors (Lipinski definition) is 3. The zero-order chi connectivity index (χ0) is 9.84. The molecule has 0 aliphatic carbocycles. The number of aliphatic carboxylic acids is 1. The quantitative estimate of drug-likeness (QED) is 0.722. The monoisotopic (exact) mass is 198 g/mol. The first kappa shape index (κ1) is 9.47. The Bertz CT molecular complexity index is 364. The van der Waals surface area contributed by atoms with Crippen LogP contribution < -0.4 is 0 Å². The van der Waals surface area contributed by atoms with E-state index in [-0.39, 0.29) is 4.88 Å². The van der Waals surface area contributed by atoms with Crippen LogP contribution in [0.15, 0.2) is 17.5 Å². The number of carbonyl (C=O) groups is 2. The Labute approximate surface area is 77.8 Å². The lowest BCUT2D eigenvalue weighted by Gasteiger charge is -1.89. The zero-order valence-electron chi connectivity index (χ0n) is 6.43. The Morgan fingerprint density at radius 2 is 2.08 bits per heavy atom. The van der Waals surface area contributed by atoms with Crippen molar-refractivity contribution in [2.24, 2.45) is 0 Å². The van der Waals surface area contributed by atoms with Crippen molar-refractivity contribution in [1.29, 1.82) is 0 Å². The molecule has 1 aromatic rings. The van der Waals surface area contributed by atoms with E-state index in [2.05, 4.69) is 0 Å². The van der Waals surface area contributed by atoms with Crippen molar-refractivity contribution in [2.75, 3.05) is 0 Å². The summed E-state index contributed by atoms with van der Waals surface area (Å²) in [5, 5.41) is 18.6. The highest BCUT2D eigenvalue weighted by molar-refractivity contribution is 7.12. The van der Waals surface area contributed by atoms with Gasteiger partial charge in [0.2, 0.25) is 0 Å². The van der Waals surface area contributed by atoms with Crippen LogP contribution in [0.1, 0.15) is 15.2 Å². The molecule has 0 saturated carbocycles. The van der Waals surface area contributed by atoms with Crippen LogP contribution >= 0.6 is 11.3 Å². The summed E-state index contributed by atoms with van der Waals surface area (Å²) in [6.45, 7) is 0. The minimum Gasteiger partial charge on any atom is -0.478 e. The molecule has 2 N–H and O–H groups in total. The van der Waals surface area contributed by atoms with Crippen molar-refractivity contribution < 1.29 is 19.8 Å². The summed E-state index contributed by atoms with van der Waals surface area (Å²) in [5.74, 6) is -2.14. The van der Waals surface area contributed by atoms with Gasteiger partial charge in [0.15, 0.2) is 0 Å². The zero-order valence-corrected chi connectivity index (χ0v) is 7.25. The number of carboxylic acids is 2. The predicted octanol–water partition coefficient (Wildman–Crippen LogP) is 1.54. The molecule has 4 nitrogen and oxygen atoms in total. The lowest BCUT2D eigenvalue weighted by Crippen LogP contribution is -1.94. The van der Waals surface area contributed by atoms with E-state index in [0.717, 1.165) is 17.4 Å². The first-order valence-electron chi connectivity index (χ1n) is 3.33. The average Bonchev–Trinajstić information content (AvgIpc) is 2.47. The molecule has 1 rings (SSSR count). The second-order valence-electron chi connectivity index (χ2n) is 2.18. The Kier molecular flexibility index (Phi) is 2.81. The molecule has 0 spiro atoms. The molecule has 5 heteroatoms. The Morgan fingerprint density at radius 3 is 2.62 bits per heavy atom. The molecule has 0 bridgehead atoms. The van der Waals surface area contributed by atoms with Gasteiger partial charge in [-0.3, -0.25) is 0 Å². The van der Waals surface area contributed by atoms with Gasteiger partial charge in [-0.15, -0.1) is 11.3 Å². The fraction of sp³-hybridized carbons (Fsp3) is 0. The summed E-state index contributed by atoms with van der Waals surface area (Å²) in [6, 6.07) is 1.56. The fourth-order valence-corrected chi connectivity index (χ4v) is 1.51. The van der Waals surface area contributed by atoms with Crippen molar-refractivity contribution >= 4 is 29.4 Å². The van der Waals surface area contributed by atoms with Gasteiger partial charge in [0.05, 0.1) is 0 Å². The average molecular weight is 198 g/mol. The molecule has 0 aromatic carbocycles. The van der Waals surface area contributed by atoms with E-state index in [0.29, 0.717) is 5.56 Å². The van der Waals surface area contributed by atoms with Crippen LogP contribution in [0.5, 0.6) is 0 Å². The number of hydrogen-bond donors (Lipinski definition) is 2. The van der Waals surface area contributed by atoms with Crippen molar-refractivity contribution in [3.05, 3.63) is 28.0 Å². The smallest absolute Gasteiger partial charge is 0.346 e. The molecule has 1 aromatic heterocycles. The number of rotatable bonds is 3. The van der Waals surface area contributed by atoms with Crippen LogP contribution in [-0.4, -0.2) is 22.2 Å². The van der Waals surface area contributed by atoms with Crippen LogP contribution in [0.4, 0.5) is 0 Å². The first-order valence-corrected chi connectivity index (χ1v) is 4.21. The maximum atomic E-state index is 10.6. The van der Waals surface area contributed by atoms with E-state index in [1.807, 2.05) is 0 Å². The second kappa shape index (κ2) is 3.86. The molecule has 68 valence electrons. The molecule has 0 saturated heterocycles. The third-order valence-electron chi connectivity index (χ3n) is 1.30. The molecule has 0 aliphatic rings. The van der Waals surface area contributed by atoms with E-state index in [9.17, 15) is 9.59 Å². The maximum Gasteiger partial charge on any atom is 0.346 e. The topological polar surface area (TPSA) is 74.6 Å². The van der Waals surface area contributed by atoms with Crippen LogP contribution in [0, 0.1) is 0 Å². The molecule has 13 heavy (non-hydrogen) atoms. The van der Waals surface area contributed by atoms with Crippen molar-refractivity contribution in [1.82, 2.24) is 0 Å². The standard InChI is InChI=1S/C8H6O4S/c9-6(10)2-1-5-3-4-13-7(5)8(11)12/h1-4H,(H,9,10)(H,11,12)/b2-1+. The second-order valence-corrected chi connectivity index (χ2v) is 3.10. The molecule has 0 radical (unpaired) electrons. The van der Waals surface area contributed by atoms with Crippen LogP contribution in [0.2, 0.25) is 0 Å². The minimum atomic E-state index is -1.09. The summed E-state index contributed by atoms with van der Waals surface area (Å²) in [6.07, 6.45) is 2.18. The Hall–Kier alpha value is -1.62. The minimum absolute atomic E-state index is 0.150. The highest BCUT2D eigenvalue weighted by atomic mass is 32.1. The molecule has 0 atom stereocenters. The van der Waals surface area contributed by atoms with E-state index in [1.165, 1.54) is 6.08 Å². The normalized spacial score (nSPS) is 10.5. The lowest BCUT2D eigenvalue weighted by atomic mass is 10.2. The molecule has 0 amide bonds. The maximum absolute atomic E-state index is 10.6. The highest BCUT2D eigenvalue weighted by Gasteiger charge is 2.08. The van der Waals surface area contributed by atoms with Crippen molar-refractivity contribution in [3.63, 3.8) is 0 Å². The molecule has 1 heterocycles. The van der Waals surface area contributed by atoms with E-state index >= 15 is 0 Å². The lowest BCUT2D eigenvalue weighted by molar-refractivity contribution is -0.131. The van der Waals surface area contributed by atoms with Gasteiger partial charge in [0, 0.05) is 11.6 Å². The summed E-state index contributed by atoms with van der Waals surface area (Å²) >= 11 is 1.07. The van der Waals surface area contributed by atoms with Crippen LogP contribution in [0.3, 0.4) is 0 Å². The molecule has 0 aliphatic heterocycles. The van der Waals surface area contributed by atoms with Gasteiger partial charge in [-0.2, -0.15) is 0 Å². The Morgan fingerprint density at radius 1 is 1.38 bits per heavy atom. The van der Waals surface area contributed by atoms with E-state index in [1.54, 1.807) is 11.4 Å². The predicted molar refractivity (Wildman–Crippen MR) is 47.9 cm³/mol. The van der Waals surface area contributed by atoms with E-state index in [4.69, 9.17) is 10.2 Å². The number of aromatic carboxylic acids is 1. The van der Waals surface area contributed by atoms with Gasteiger partial charge < -0.3 is 10.2 Å². The molecular formula is C8H6O4S. The molecule has 0 unspecified atom stereocenters. The SMILES string of the molecule is O=C(O)/C=C/c1ccsc1C(=O)O. The molecule has 0 fully saturated rings. The summed E-state index contributed by atoms with van der Waals surface area (Å²) in [7, 11) is 0. The summed E-state index contributed by atoms with van der Waals surface area (Å²) < 4.78 is 0. The highest BCUT2D eigenvalue weighted by Crippen LogP contribution is 2.17.